The van der Waals surface area contributed by atoms with Gasteiger partial charge >= 0.3 is 11.5 Å². The number of nitrogens with two attached hydrogens (primary N) is 1. The number of nitrogens with zero attached hydrogens (tertiary/aromatic N) is 2. The quantitative estimate of drug-likeness (QED) is 0.410. The third-order valence-corrected chi connectivity index (χ3v) is 0.947. The highest BCUT2D eigenvalue weighted by molar-refractivity contribution is 5.34. The summed E-state index contributed by atoms with van der Waals surface area (Å²) in [5.74, 6) is -0.622. The fourth-order valence-electron chi connectivity index (χ4n) is 0.562. The van der Waals surface area contributed by atoms with Gasteiger partial charge in [-0.15, -0.1) is 0 Å². The van der Waals surface area contributed by atoms with E-state index in [1.165, 1.54) is 0 Å². The van der Waals surface area contributed by atoms with Gasteiger partial charge < -0.3 is 15.8 Å². The number of nitro groups is 1. The highest BCUT2D eigenvalue weighted by atomic mass is 16.6. The van der Waals surface area contributed by atoms with Crippen LogP contribution >= 0.6 is 0 Å². The smallest absolute Gasteiger partial charge is 0.383 e. The molecule has 7 nitrogen and oxygen atoms in total. The minimum atomic E-state index is -0.822. The Hall–Kier alpha value is -1.92. The zero-order chi connectivity index (χ0) is 8.43. The first-order chi connectivity index (χ1) is 5.09. The molecule has 1 rings (SSSR count). The van der Waals surface area contributed by atoms with E-state index in [0.29, 0.717) is 0 Å². The Bertz CT molecular complexity index is 343. The third-order valence-electron chi connectivity index (χ3n) is 0.947. The molecule has 0 radical (unpaired) electrons. The number of nitrogen functional groups attached to an aromatic ring is 1. The second kappa shape index (κ2) is 2.37. The van der Waals surface area contributed by atoms with Crippen LogP contribution in [0.15, 0.2) is 10.9 Å². The molecular formula is C4H4N4O3. The molecule has 0 aliphatic carbocycles. The van der Waals surface area contributed by atoms with Gasteiger partial charge in [0, 0.05) is 0 Å². The van der Waals surface area contributed by atoms with E-state index >= 15 is 0 Å². The number of aromatic nitrogens is 2. The average Bonchev–Trinajstić information content (AvgIpc) is 1.85. The molecule has 11 heavy (non-hydrogen) atoms. The molecule has 0 aliphatic heterocycles. The van der Waals surface area contributed by atoms with Crippen LogP contribution in [0.2, 0.25) is 0 Å². The number of aromatic amines is 1. The average molecular weight is 156 g/mol. The van der Waals surface area contributed by atoms with Crippen molar-refractivity contribution in [3.63, 3.8) is 0 Å². The molecule has 0 bridgehead atoms. The topological polar surface area (TPSA) is 115 Å². The molecule has 0 atom stereocenters. The predicted molar refractivity (Wildman–Crippen MR) is 35.9 cm³/mol. The number of rotatable bonds is 1. The van der Waals surface area contributed by atoms with Crippen molar-refractivity contribution in [3.8, 4) is 0 Å². The molecule has 1 aromatic heterocycles. The monoisotopic (exact) mass is 156 g/mol. The predicted octanol–water partition coefficient (Wildman–Crippen LogP) is -0.740. The summed E-state index contributed by atoms with van der Waals surface area (Å²) in [5, 5.41) is 10.1. The van der Waals surface area contributed by atoms with Gasteiger partial charge in [0.25, 0.3) is 0 Å². The Morgan fingerprint density at radius 2 is 2.36 bits per heavy atom. The van der Waals surface area contributed by atoms with Gasteiger partial charge in [-0.1, -0.05) is 0 Å². The van der Waals surface area contributed by atoms with Gasteiger partial charge in [-0.05, 0) is 4.92 Å². The number of hydrogen-bond acceptors (Lipinski definition) is 5. The van der Waals surface area contributed by atoms with E-state index in [-0.39, 0.29) is 5.82 Å². The van der Waals surface area contributed by atoms with E-state index in [2.05, 4.69) is 4.98 Å². The van der Waals surface area contributed by atoms with Gasteiger partial charge in [-0.3, -0.25) is 0 Å². The van der Waals surface area contributed by atoms with Crippen molar-refractivity contribution in [2.45, 2.75) is 0 Å². The summed E-state index contributed by atoms with van der Waals surface area (Å²) in [6.07, 6.45) is 0. The normalized spacial score (nSPS) is 9.45. The maximum atomic E-state index is 10.5. The summed E-state index contributed by atoms with van der Waals surface area (Å²) < 4.78 is 0. The Balaban J connectivity index is 3.30. The van der Waals surface area contributed by atoms with Crippen LogP contribution in [-0.2, 0) is 0 Å². The fraction of sp³-hybridized carbons (Fsp3) is 0. The SMILES string of the molecule is Nc1cc([N+](=O)[O-])[nH]c(=O)n1. The summed E-state index contributed by atoms with van der Waals surface area (Å²) in [5.41, 5.74) is 4.24. The van der Waals surface area contributed by atoms with E-state index < -0.39 is 16.4 Å². The Labute approximate surface area is 60.0 Å². The number of H-pyrrole nitrogens is 1. The summed E-state index contributed by atoms with van der Waals surface area (Å²) in [4.78, 5) is 24.9. The lowest BCUT2D eigenvalue weighted by Crippen LogP contribution is -2.13. The number of anilines is 1. The van der Waals surface area contributed by atoms with Gasteiger partial charge in [0.2, 0.25) is 0 Å². The zero-order valence-electron chi connectivity index (χ0n) is 5.27. The minimum Gasteiger partial charge on any atom is -0.383 e. The van der Waals surface area contributed by atoms with Gasteiger partial charge in [0.1, 0.15) is 5.82 Å². The van der Waals surface area contributed by atoms with Crippen molar-refractivity contribution in [2.75, 3.05) is 5.73 Å². The van der Waals surface area contributed by atoms with Crippen molar-refractivity contribution in [2.24, 2.45) is 0 Å². The summed E-state index contributed by atoms with van der Waals surface area (Å²) in [6, 6.07) is 0.974. The van der Waals surface area contributed by atoms with Crippen molar-refractivity contribution < 1.29 is 4.92 Å². The van der Waals surface area contributed by atoms with Crippen LogP contribution in [0.3, 0.4) is 0 Å². The van der Waals surface area contributed by atoms with Crippen molar-refractivity contribution in [3.05, 3.63) is 26.7 Å². The molecule has 0 unspecified atom stereocenters. The lowest BCUT2D eigenvalue weighted by Gasteiger charge is -1.92. The molecule has 0 aromatic carbocycles. The van der Waals surface area contributed by atoms with Gasteiger partial charge in [-0.25, -0.2) is 4.79 Å². The summed E-state index contributed by atoms with van der Waals surface area (Å²) >= 11 is 0. The highest BCUT2D eigenvalue weighted by Gasteiger charge is 2.05. The first kappa shape index (κ1) is 7.19. The largest absolute Gasteiger partial charge is 0.434 e. The van der Waals surface area contributed by atoms with Gasteiger partial charge in [-0.2, -0.15) is 9.97 Å². The molecule has 58 valence electrons. The molecular weight excluding hydrogens is 152 g/mol. The van der Waals surface area contributed by atoms with E-state index in [4.69, 9.17) is 5.73 Å². The standard InChI is InChI=1S/C4H4N4O3/c5-2-1-3(8(10)11)7-4(9)6-2/h1H,(H3,5,6,7,9). The second-order valence-corrected chi connectivity index (χ2v) is 1.75. The molecule has 0 saturated carbocycles. The van der Waals surface area contributed by atoms with Crippen LogP contribution in [-0.4, -0.2) is 14.9 Å². The Kier molecular flexibility index (Phi) is 1.55. The Morgan fingerprint density at radius 1 is 1.73 bits per heavy atom. The van der Waals surface area contributed by atoms with Crippen LogP contribution in [0.25, 0.3) is 0 Å². The zero-order valence-corrected chi connectivity index (χ0v) is 5.27. The molecule has 0 spiro atoms. The summed E-state index contributed by atoms with van der Waals surface area (Å²) in [6.45, 7) is 0. The van der Waals surface area contributed by atoms with Crippen LogP contribution in [0.4, 0.5) is 11.6 Å². The maximum Gasteiger partial charge on any atom is 0.434 e. The summed E-state index contributed by atoms with van der Waals surface area (Å²) in [7, 11) is 0. The highest BCUT2D eigenvalue weighted by Crippen LogP contribution is 2.04. The van der Waals surface area contributed by atoms with E-state index in [9.17, 15) is 14.9 Å². The van der Waals surface area contributed by atoms with Crippen molar-refractivity contribution >= 4 is 11.6 Å². The Morgan fingerprint density at radius 3 is 2.82 bits per heavy atom. The van der Waals surface area contributed by atoms with E-state index in [1.54, 1.807) is 0 Å². The van der Waals surface area contributed by atoms with E-state index in [1.807, 2.05) is 4.98 Å². The lowest BCUT2D eigenvalue weighted by atomic mass is 10.5. The first-order valence-electron chi connectivity index (χ1n) is 2.61. The van der Waals surface area contributed by atoms with Crippen LogP contribution in [0, 0.1) is 10.1 Å². The number of hydrogen-bond donors (Lipinski definition) is 2. The van der Waals surface area contributed by atoms with Crippen LogP contribution < -0.4 is 11.4 Å². The molecule has 0 amide bonds. The second-order valence-electron chi connectivity index (χ2n) is 1.75. The van der Waals surface area contributed by atoms with Crippen molar-refractivity contribution in [1.82, 2.24) is 9.97 Å². The molecule has 1 heterocycles. The van der Waals surface area contributed by atoms with Gasteiger partial charge in [0.15, 0.2) is 0 Å². The van der Waals surface area contributed by atoms with Crippen LogP contribution in [0.5, 0.6) is 0 Å². The van der Waals surface area contributed by atoms with Crippen molar-refractivity contribution in [1.29, 1.82) is 0 Å². The first-order valence-corrected chi connectivity index (χ1v) is 2.61. The molecule has 3 N–H and O–H groups in total. The lowest BCUT2D eigenvalue weighted by molar-refractivity contribution is -0.389. The molecule has 0 fully saturated rings. The third kappa shape index (κ3) is 1.51. The molecule has 7 heteroatoms. The number of nitrogens with one attached hydrogen (secondary N) is 1. The van der Waals surface area contributed by atoms with E-state index in [0.717, 1.165) is 6.07 Å². The molecule has 1 aromatic rings. The molecule has 0 aliphatic rings. The van der Waals surface area contributed by atoms with Gasteiger partial charge in [0.05, 0.1) is 6.07 Å². The van der Waals surface area contributed by atoms with Crippen LogP contribution in [0.1, 0.15) is 0 Å². The minimum absolute atomic E-state index is 0.166. The molecule has 0 saturated heterocycles. The fourth-order valence-corrected chi connectivity index (χ4v) is 0.562. The maximum absolute atomic E-state index is 10.5.